The van der Waals surface area contributed by atoms with Crippen LogP contribution in [0.3, 0.4) is 0 Å². The maximum atomic E-state index is 10.8. The molecule has 0 amide bonds. The molecule has 5 nitrogen and oxygen atoms in total. The molecule has 0 aliphatic carbocycles. The van der Waals surface area contributed by atoms with E-state index in [-0.39, 0.29) is 18.0 Å². The lowest BCUT2D eigenvalue weighted by Crippen LogP contribution is -2.65. The van der Waals surface area contributed by atoms with Gasteiger partial charge in [0.25, 0.3) is 0 Å². The second-order valence-corrected chi connectivity index (χ2v) is 5.46. The average Bonchev–Trinajstić information content (AvgIpc) is 2.81. The van der Waals surface area contributed by atoms with E-state index >= 15 is 0 Å². The summed E-state index contributed by atoms with van der Waals surface area (Å²) < 4.78 is 0. The molecule has 4 saturated heterocycles. The van der Waals surface area contributed by atoms with E-state index in [9.17, 15) is 5.11 Å². The highest BCUT2D eigenvalue weighted by atomic mass is 16.8. The van der Waals surface area contributed by atoms with Crippen molar-refractivity contribution in [3.05, 3.63) is 30.1 Å². The largest absolute Gasteiger partial charge is 0.363 e. The van der Waals surface area contributed by atoms with Gasteiger partial charge in [-0.15, -0.1) is 0 Å². The summed E-state index contributed by atoms with van der Waals surface area (Å²) in [6, 6.07) is 5.80. The van der Waals surface area contributed by atoms with Crippen LogP contribution >= 0.6 is 0 Å². The summed E-state index contributed by atoms with van der Waals surface area (Å²) in [5, 5.41) is 10.8. The van der Waals surface area contributed by atoms with Crippen LogP contribution in [-0.2, 0) is 4.84 Å². The highest BCUT2D eigenvalue weighted by Crippen LogP contribution is 2.48. The summed E-state index contributed by atoms with van der Waals surface area (Å²) in [4.78, 5) is 12.3. The maximum Gasteiger partial charge on any atom is 0.205 e. The lowest BCUT2D eigenvalue weighted by molar-refractivity contribution is -0.285. The van der Waals surface area contributed by atoms with E-state index in [1.165, 1.54) is 0 Å². The van der Waals surface area contributed by atoms with Gasteiger partial charge in [-0.1, -0.05) is 6.07 Å². The van der Waals surface area contributed by atoms with Crippen LogP contribution in [0.4, 0.5) is 0 Å². The minimum absolute atomic E-state index is 0.0140. The second-order valence-electron chi connectivity index (χ2n) is 5.46. The second kappa shape index (κ2) is 3.74. The van der Waals surface area contributed by atoms with Gasteiger partial charge in [-0.3, -0.25) is 14.7 Å². The van der Waals surface area contributed by atoms with Crippen LogP contribution in [0, 0.1) is 5.92 Å². The van der Waals surface area contributed by atoms with E-state index < -0.39 is 5.79 Å². The van der Waals surface area contributed by atoms with Crippen molar-refractivity contribution in [1.29, 1.82) is 0 Å². The minimum atomic E-state index is -1.04. The van der Waals surface area contributed by atoms with Crippen LogP contribution in [0.15, 0.2) is 24.4 Å². The van der Waals surface area contributed by atoms with E-state index in [0.29, 0.717) is 0 Å². The monoisotopic (exact) mass is 247 g/mol. The third-order valence-corrected chi connectivity index (χ3v) is 4.60. The van der Waals surface area contributed by atoms with Crippen molar-refractivity contribution in [3.63, 3.8) is 0 Å². The molecule has 4 aliphatic rings. The molecule has 0 unspecified atom stereocenters. The molecule has 4 fully saturated rings. The molecule has 96 valence electrons. The number of aliphatic hydroxyl groups is 1. The fourth-order valence-electron chi connectivity index (χ4n) is 3.69. The molecule has 0 radical (unpaired) electrons. The van der Waals surface area contributed by atoms with Crippen LogP contribution in [0.5, 0.6) is 0 Å². The Hall–Kier alpha value is -1.01. The first-order chi connectivity index (χ1) is 8.79. The van der Waals surface area contributed by atoms with E-state index in [0.717, 1.165) is 31.6 Å². The maximum absolute atomic E-state index is 10.8. The zero-order valence-corrected chi connectivity index (χ0v) is 10.1. The third kappa shape index (κ3) is 1.33. The van der Waals surface area contributed by atoms with E-state index in [2.05, 4.69) is 15.4 Å². The van der Waals surface area contributed by atoms with E-state index in [1.54, 1.807) is 6.20 Å². The van der Waals surface area contributed by atoms with Crippen molar-refractivity contribution in [2.75, 3.05) is 13.1 Å². The molecule has 5 heterocycles. The fraction of sp³-hybridized carbons (Fsp3) is 0.615. The number of nitrogens with one attached hydrogen (secondary N) is 1. The highest BCUT2D eigenvalue weighted by molar-refractivity contribution is 5.18. The molecule has 0 aromatic carbocycles. The first kappa shape index (κ1) is 10.9. The zero-order chi connectivity index (χ0) is 12.2. The molecule has 1 aromatic heterocycles. The number of hydrogen-bond donors (Lipinski definition) is 2. The summed E-state index contributed by atoms with van der Waals surface area (Å²) in [6.07, 6.45) is 3.82. The average molecular weight is 247 g/mol. The molecule has 5 heteroatoms. The molecule has 1 aromatic rings. The molecule has 0 spiro atoms. The van der Waals surface area contributed by atoms with Crippen molar-refractivity contribution >= 4 is 0 Å². The smallest absolute Gasteiger partial charge is 0.205 e. The van der Waals surface area contributed by atoms with E-state index in [4.69, 9.17) is 4.84 Å². The Morgan fingerprint density at radius 2 is 2.22 bits per heavy atom. The van der Waals surface area contributed by atoms with Gasteiger partial charge in [0.1, 0.15) is 0 Å². The summed E-state index contributed by atoms with van der Waals surface area (Å²) in [7, 11) is 0. The van der Waals surface area contributed by atoms with Gasteiger partial charge in [-0.05, 0) is 38.1 Å². The first-order valence-electron chi connectivity index (χ1n) is 6.60. The molecular weight excluding hydrogens is 230 g/mol. The SMILES string of the molecule is O[C@]12ON[C@H](c3ccccn3)[C@H]1N1CCC2CC1. The predicted octanol–water partition coefficient (Wildman–Crippen LogP) is 0.440. The first-order valence-corrected chi connectivity index (χ1v) is 6.60. The zero-order valence-electron chi connectivity index (χ0n) is 10.1. The molecule has 0 saturated carbocycles. The molecule has 3 atom stereocenters. The molecule has 2 bridgehead atoms. The summed E-state index contributed by atoms with van der Waals surface area (Å²) in [5.74, 6) is -0.799. The number of hydrogen-bond acceptors (Lipinski definition) is 5. The topological polar surface area (TPSA) is 57.6 Å². The van der Waals surface area contributed by atoms with Gasteiger partial charge >= 0.3 is 0 Å². The number of pyridine rings is 1. The van der Waals surface area contributed by atoms with Gasteiger partial charge in [0, 0.05) is 12.1 Å². The number of fused-ring (bicyclic) bond motifs is 2. The fourth-order valence-corrected chi connectivity index (χ4v) is 3.69. The van der Waals surface area contributed by atoms with Gasteiger partial charge < -0.3 is 5.11 Å². The normalized spacial score (nSPS) is 46.1. The van der Waals surface area contributed by atoms with Gasteiger partial charge in [-0.25, -0.2) is 0 Å². The molecule has 4 aliphatic heterocycles. The Kier molecular flexibility index (Phi) is 2.26. The van der Waals surface area contributed by atoms with Crippen LogP contribution in [0.2, 0.25) is 0 Å². The molecule has 5 rings (SSSR count). The van der Waals surface area contributed by atoms with Crippen LogP contribution < -0.4 is 5.48 Å². The lowest BCUT2D eigenvalue weighted by Gasteiger charge is -2.51. The summed E-state index contributed by atoms with van der Waals surface area (Å²) >= 11 is 0. The highest BCUT2D eigenvalue weighted by Gasteiger charge is 2.61. The van der Waals surface area contributed by atoms with Gasteiger partial charge in [0.15, 0.2) is 0 Å². The Labute approximate surface area is 106 Å². The quantitative estimate of drug-likeness (QED) is 0.754. The number of piperidine rings is 3. The van der Waals surface area contributed by atoms with Crippen LogP contribution in [0.25, 0.3) is 0 Å². The summed E-state index contributed by atoms with van der Waals surface area (Å²) in [5.41, 5.74) is 3.94. The van der Waals surface area contributed by atoms with Crippen molar-refractivity contribution in [1.82, 2.24) is 15.4 Å². The Morgan fingerprint density at radius 1 is 1.39 bits per heavy atom. The summed E-state index contributed by atoms with van der Waals surface area (Å²) in [6.45, 7) is 2.10. The molecular formula is C13H17N3O2. The van der Waals surface area contributed by atoms with Crippen molar-refractivity contribution in [2.24, 2.45) is 5.92 Å². The van der Waals surface area contributed by atoms with Gasteiger partial charge in [0.2, 0.25) is 5.79 Å². The van der Waals surface area contributed by atoms with Crippen LogP contribution in [-0.4, -0.2) is 39.9 Å². The van der Waals surface area contributed by atoms with Crippen LogP contribution in [0.1, 0.15) is 24.6 Å². The molecule has 2 N–H and O–H groups in total. The minimum Gasteiger partial charge on any atom is -0.363 e. The van der Waals surface area contributed by atoms with Gasteiger partial charge in [0.05, 0.1) is 17.8 Å². The lowest BCUT2D eigenvalue weighted by atomic mass is 9.75. The number of hydroxylamine groups is 1. The van der Waals surface area contributed by atoms with Crippen molar-refractivity contribution in [2.45, 2.75) is 30.7 Å². The standard InChI is InChI=1S/C13H17N3O2/c17-13-9-4-7-16(8-5-9)12(13)11(15-18-13)10-3-1-2-6-14-10/h1-3,6,9,11-12,15,17H,4-5,7-8H2/t11-,12-,13-/m1/s1. The number of aromatic nitrogens is 1. The van der Waals surface area contributed by atoms with Crippen molar-refractivity contribution < 1.29 is 9.94 Å². The third-order valence-electron chi connectivity index (χ3n) is 4.60. The predicted molar refractivity (Wildman–Crippen MR) is 64.2 cm³/mol. The Bertz CT molecular complexity index is 447. The molecule has 18 heavy (non-hydrogen) atoms. The van der Waals surface area contributed by atoms with Crippen molar-refractivity contribution in [3.8, 4) is 0 Å². The van der Waals surface area contributed by atoms with E-state index in [1.807, 2.05) is 18.2 Å². The number of rotatable bonds is 1. The number of nitrogens with zero attached hydrogens (tertiary/aromatic N) is 2. The Morgan fingerprint density at radius 3 is 2.94 bits per heavy atom. The van der Waals surface area contributed by atoms with Gasteiger partial charge in [-0.2, -0.15) is 5.48 Å². The Balaban J connectivity index is 1.72.